The van der Waals surface area contributed by atoms with Gasteiger partial charge in [0.25, 0.3) is 0 Å². The van der Waals surface area contributed by atoms with Gasteiger partial charge >= 0.3 is 0 Å². The molecule has 0 aromatic heterocycles. The first-order valence-corrected chi connectivity index (χ1v) is 4.28. The molecule has 80 valence electrons. The number of hydrogen-bond acceptors (Lipinski definition) is 5. The van der Waals surface area contributed by atoms with Crippen molar-refractivity contribution in [1.29, 1.82) is 0 Å². The van der Waals surface area contributed by atoms with E-state index in [0.29, 0.717) is 0 Å². The van der Waals surface area contributed by atoms with E-state index in [0.717, 1.165) is 0 Å². The molecule has 0 aromatic rings. The summed E-state index contributed by atoms with van der Waals surface area (Å²) in [5, 5.41) is 31.1. The summed E-state index contributed by atoms with van der Waals surface area (Å²) in [7, 11) is 0. The Hall–Kier alpha value is -0.850. The summed E-state index contributed by atoms with van der Waals surface area (Å²) in [5.74, 6) is 0. The molecule has 0 aliphatic carbocycles. The number of aliphatic hydroxyl groups excluding tert-OH is 3. The van der Waals surface area contributed by atoms with Crippen LogP contribution in [0.1, 0.15) is 6.92 Å². The SMILES string of the molecule is C[C@H]1OC(CO)[C@@H](O)[C@H](O)C1N=[N+]=[N-]. The second-order valence-corrected chi connectivity index (χ2v) is 3.24. The number of rotatable bonds is 2. The predicted molar refractivity (Wildman–Crippen MR) is 46.4 cm³/mol. The molecule has 1 aliphatic rings. The number of azide groups is 1. The van der Waals surface area contributed by atoms with Crippen molar-refractivity contribution < 1.29 is 20.1 Å². The number of ether oxygens (including phenoxy) is 1. The second-order valence-electron chi connectivity index (χ2n) is 3.24. The maximum absolute atomic E-state index is 9.53. The Kier molecular flexibility index (Phi) is 3.68. The Balaban J connectivity index is 2.78. The first kappa shape index (κ1) is 11.2. The molecular weight excluding hydrogens is 190 g/mol. The molecule has 1 fully saturated rings. The van der Waals surface area contributed by atoms with Crippen LogP contribution in [0.15, 0.2) is 5.11 Å². The average Bonchev–Trinajstić information content (AvgIpc) is 2.18. The summed E-state index contributed by atoms with van der Waals surface area (Å²) < 4.78 is 5.16. The molecule has 1 heterocycles. The lowest BCUT2D eigenvalue weighted by Crippen LogP contribution is -2.56. The van der Waals surface area contributed by atoms with E-state index < -0.39 is 30.5 Å². The lowest BCUT2D eigenvalue weighted by atomic mass is 9.94. The summed E-state index contributed by atoms with van der Waals surface area (Å²) in [4.78, 5) is 2.56. The fraction of sp³-hybridized carbons (Fsp3) is 1.00. The second kappa shape index (κ2) is 4.59. The highest BCUT2D eigenvalue weighted by Crippen LogP contribution is 2.23. The molecule has 0 spiro atoms. The highest BCUT2D eigenvalue weighted by molar-refractivity contribution is 4.94. The van der Waals surface area contributed by atoms with Gasteiger partial charge in [0.05, 0.1) is 24.9 Å². The molecule has 5 atom stereocenters. The third-order valence-electron chi connectivity index (χ3n) is 2.32. The third kappa shape index (κ3) is 1.97. The lowest BCUT2D eigenvalue weighted by molar-refractivity contribution is -0.183. The van der Waals surface area contributed by atoms with Gasteiger partial charge in [-0.15, -0.1) is 0 Å². The largest absolute Gasteiger partial charge is 0.394 e. The minimum absolute atomic E-state index is 0.383. The van der Waals surface area contributed by atoms with Crippen molar-refractivity contribution in [2.45, 2.75) is 37.4 Å². The lowest BCUT2D eigenvalue weighted by Gasteiger charge is -2.39. The molecule has 7 heteroatoms. The van der Waals surface area contributed by atoms with Gasteiger partial charge in [0.1, 0.15) is 12.2 Å². The van der Waals surface area contributed by atoms with Crippen molar-refractivity contribution in [2.75, 3.05) is 6.61 Å². The molecule has 1 saturated heterocycles. The van der Waals surface area contributed by atoms with E-state index in [4.69, 9.17) is 15.4 Å². The van der Waals surface area contributed by atoms with Gasteiger partial charge in [-0.1, -0.05) is 5.11 Å². The minimum Gasteiger partial charge on any atom is -0.394 e. The number of nitrogens with zero attached hydrogens (tertiary/aromatic N) is 3. The highest BCUT2D eigenvalue weighted by Gasteiger charge is 2.41. The fourth-order valence-corrected chi connectivity index (χ4v) is 1.51. The van der Waals surface area contributed by atoms with Crippen molar-refractivity contribution >= 4 is 0 Å². The Bertz CT molecular complexity index is 243. The monoisotopic (exact) mass is 203 g/mol. The van der Waals surface area contributed by atoms with Crippen LogP contribution in [0, 0.1) is 0 Å². The molecule has 0 radical (unpaired) electrons. The Morgan fingerprint density at radius 2 is 2.07 bits per heavy atom. The molecule has 0 amide bonds. The zero-order valence-corrected chi connectivity index (χ0v) is 7.69. The fourth-order valence-electron chi connectivity index (χ4n) is 1.51. The summed E-state index contributed by atoms with van der Waals surface area (Å²) in [6.07, 6.45) is -3.79. The molecule has 1 rings (SSSR count). The molecular formula is C7H13N3O4. The zero-order chi connectivity index (χ0) is 10.7. The van der Waals surface area contributed by atoms with Gasteiger partial charge in [-0.3, -0.25) is 0 Å². The smallest absolute Gasteiger partial charge is 0.109 e. The van der Waals surface area contributed by atoms with Gasteiger partial charge < -0.3 is 20.1 Å². The van der Waals surface area contributed by atoms with Crippen LogP contribution in [0.4, 0.5) is 0 Å². The summed E-state index contributed by atoms with van der Waals surface area (Å²) in [5.41, 5.74) is 8.22. The van der Waals surface area contributed by atoms with Gasteiger partial charge in [-0.05, 0) is 12.5 Å². The van der Waals surface area contributed by atoms with Crippen LogP contribution >= 0.6 is 0 Å². The summed E-state index contributed by atoms with van der Waals surface area (Å²) >= 11 is 0. The molecule has 0 aromatic carbocycles. The van der Waals surface area contributed by atoms with Gasteiger partial charge in [-0.25, -0.2) is 0 Å². The average molecular weight is 203 g/mol. The minimum atomic E-state index is -1.23. The zero-order valence-electron chi connectivity index (χ0n) is 7.69. The van der Waals surface area contributed by atoms with E-state index in [1.807, 2.05) is 0 Å². The van der Waals surface area contributed by atoms with Gasteiger partial charge in [-0.2, -0.15) is 0 Å². The first-order chi connectivity index (χ1) is 6.61. The van der Waals surface area contributed by atoms with Gasteiger partial charge in [0, 0.05) is 4.91 Å². The van der Waals surface area contributed by atoms with Crippen LogP contribution in [-0.2, 0) is 4.74 Å². The summed E-state index contributed by atoms with van der Waals surface area (Å²) in [6, 6.07) is -0.821. The molecule has 0 saturated carbocycles. The van der Waals surface area contributed by atoms with E-state index >= 15 is 0 Å². The normalized spacial score (nSPS) is 43.0. The molecule has 0 bridgehead atoms. The quantitative estimate of drug-likeness (QED) is 0.308. The van der Waals surface area contributed by atoms with Gasteiger partial charge in [0.15, 0.2) is 0 Å². The number of hydrogen-bond donors (Lipinski definition) is 3. The van der Waals surface area contributed by atoms with E-state index in [1.165, 1.54) is 0 Å². The number of aliphatic hydroxyl groups is 3. The molecule has 14 heavy (non-hydrogen) atoms. The maximum Gasteiger partial charge on any atom is 0.109 e. The Morgan fingerprint density at radius 1 is 1.43 bits per heavy atom. The van der Waals surface area contributed by atoms with E-state index in [2.05, 4.69) is 10.0 Å². The van der Waals surface area contributed by atoms with Crippen LogP contribution in [0.25, 0.3) is 10.4 Å². The van der Waals surface area contributed by atoms with Crippen molar-refractivity contribution in [3.63, 3.8) is 0 Å². The molecule has 2 unspecified atom stereocenters. The predicted octanol–water partition coefficient (Wildman–Crippen LogP) is -0.833. The Labute approximate surface area is 80.6 Å². The van der Waals surface area contributed by atoms with Crippen LogP contribution in [0.5, 0.6) is 0 Å². The first-order valence-electron chi connectivity index (χ1n) is 4.28. The van der Waals surface area contributed by atoms with Crippen LogP contribution in [-0.4, -0.2) is 52.4 Å². The molecule has 3 N–H and O–H groups in total. The molecule has 1 aliphatic heterocycles. The topological polar surface area (TPSA) is 119 Å². The third-order valence-corrected chi connectivity index (χ3v) is 2.32. The van der Waals surface area contributed by atoms with Crippen molar-refractivity contribution in [3.05, 3.63) is 10.4 Å². The van der Waals surface area contributed by atoms with E-state index in [1.54, 1.807) is 6.92 Å². The standard InChI is InChI=1S/C7H13N3O4/c1-3-5(9-10-8)7(13)6(12)4(2-11)14-3/h3-7,11-13H,2H2,1H3/t3-,4?,5?,6-,7-/m1/s1. The Morgan fingerprint density at radius 3 is 2.57 bits per heavy atom. The van der Waals surface area contributed by atoms with Crippen LogP contribution in [0.3, 0.4) is 0 Å². The van der Waals surface area contributed by atoms with Crippen molar-refractivity contribution in [1.82, 2.24) is 0 Å². The van der Waals surface area contributed by atoms with E-state index in [9.17, 15) is 10.2 Å². The van der Waals surface area contributed by atoms with E-state index in [-0.39, 0.29) is 6.61 Å². The maximum atomic E-state index is 9.53. The van der Waals surface area contributed by atoms with Crippen LogP contribution < -0.4 is 0 Å². The van der Waals surface area contributed by atoms with Gasteiger partial charge in [0.2, 0.25) is 0 Å². The summed E-state index contributed by atoms with van der Waals surface area (Å²) in [6.45, 7) is 1.22. The van der Waals surface area contributed by atoms with Crippen LogP contribution in [0.2, 0.25) is 0 Å². The molecule has 7 nitrogen and oxygen atoms in total. The van der Waals surface area contributed by atoms with Crippen molar-refractivity contribution in [2.24, 2.45) is 5.11 Å². The van der Waals surface area contributed by atoms with Crippen molar-refractivity contribution in [3.8, 4) is 0 Å². The highest BCUT2D eigenvalue weighted by atomic mass is 16.5.